The highest BCUT2D eigenvalue weighted by atomic mass is 16.2. The quantitative estimate of drug-likeness (QED) is 0.739. The Morgan fingerprint density at radius 3 is 2.60 bits per heavy atom. The molecule has 106 valence electrons. The van der Waals surface area contributed by atoms with E-state index in [-0.39, 0.29) is 0 Å². The highest BCUT2D eigenvalue weighted by Crippen LogP contribution is 2.26. The van der Waals surface area contributed by atoms with Gasteiger partial charge in [0, 0.05) is 19.2 Å². The first-order valence-electron chi connectivity index (χ1n) is 7.35. The fourth-order valence-electron chi connectivity index (χ4n) is 2.28. The predicted molar refractivity (Wildman–Crippen MR) is 81.1 cm³/mol. The van der Waals surface area contributed by atoms with E-state index in [2.05, 4.69) is 23.1 Å². The minimum absolute atomic E-state index is 0.291. The van der Waals surface area contributed by atoms with Crippen molar-refractivity contribution in [2.24, 2.45) is 0 Å². The second kappa shape index (κ2) is 7.84. The first-order chi connectivity index (χ1) is 9.83. The van der Waals surface area contributed by atoms with E-state index >= 15 is 0 Å². The van der Waals surface area contributed by atoms with Gasteiger partial charge in [0.25, 0.3) is 0 Å². The second-order valence-electron chi connectivity index (χ2n) is 5.29. The number of nitriles is 1. The number of rotatable bonds is 8. The molecule has 0 saturated heterocycles. The fraction of sp³-hybridized carbons (Fsp3) is 0.471. The first-order valence-corrected chi connectivity index (χ1v) is 7.35. The molecule has 0 aliphatic heterocycles. The van der Waals surface area contributed by atoms with Gasteiger partial charge in [-0.2, -0.15) is 5.26 Å². The van der Waals surface area contributed by atoms with Crippen LogP contribution < -0.4 is 0 Å². The lowest BCUT2D eigenvalue weighted by molar-refractivity contribution is 0.249. The molecular weight excluding hydrogens is 248 g/mol. The van der Waals surface area contributed by atoms with E-state index in [1.807, 2.05) is 24.3 Å². The van der Waals surface area contributed by atoms with Gasteiger partial charge in [0.05, 0.1) is 11.6 Å². The van der Waals surface area contributed by atoms with Crippen molar-refractivity contribution in [3.8, 4) is 6.07 Å². The highest BCUT2D eigenvalue weighted by Gasteiger charge is 2.27. The SMILES string of the molecule is N#Cc1ccc(/C=C/CN(CCCCO)C2CC2)cc1. The Morgan fingerprint density at radius 1 is 1.25 bits per heavy atom. The molecule has 1 aliphatic rings. The van der Waals surface area contributed by atoms with E-state index in [4.69, 9.17) is 10.4 Å². The minimum atomic E-state index is 0.291. The summed E-state index contributed by atoms with van der Waals surface area (Å²) < 4.78 is 0. The molecule has 0 radical (unpaired) electrons. The third-order valence-electron chi connectivity index (χ3n) is 3.61. The maximum atomic E-state index is 8.85. The van der Waals surface area contributed by atoms with Crippen LogP contribution >= 0.6 is 0 Å². The van der Waals surface area contributed by atoms with Crippen LogP contribution in [-0.2, 0) is 0 Å². The van der Waals surface area contributed by atoms with Gasteiger partial charge < -0.3 is 5.11 Å². The van der Waals surface area contributed by atoms with Crippen molar-refractivity contribution in [2.45, 2.75) is 31.7 Å². The molecule has 0 spiro atoms. The average molecular weight is 270 g/mol. The van der Waals surface area contributed by atoms with E-state index in [0.29, 0.717) is 12.2 Å². The van der Waals surface area contributed by atoms with Gasteiger partial charge in [-0.15, -0.1) is 0 Å². The molecule has 0 bridgehead atoms. The van der Waals surface area contributed by atoms with Crippen molar-refractivity contribution >= 4 is 6.08 Å². The predicted octanol–water partition coefficient (Wildman–Crippen LogP) is 2.81. The van der Waals surface area contributed by atoms with Crippen LogP contribution in [0, 0.1) is 11.3 Å². The summed E-state index contributed by atoms with van der Waals surface area (Å²) in [6, 6.07) is 10.5. The summed E-state index contributed by atoms with van der Waals surface area (Å²) in [6.45, 7) is 2.33. The molecular formula is C17H22N2O. The molecule has 1 aromatic carbocycles. The van der Waals surface area contributed by atoms with E-state index < -0.39 is 0 Å². The molecule has 1 aromatic rings. The Morgan fingerprint density at radius 2 is 2.00 bits per heavy atom. The van der Waals surface area contributed by atoms with Crippen molar-refractivity contribution in [3.05, 3.63) is 41.5 Å². The number of unbranched alkanes of at least 4 members (excludes halogenated alkanes) is 1. The van der Waals surface area contributed by atoms with Crippen molar-refractivity contribution in [3.63, 3.8) is 0 Å². The van der Waals surface area contributed by atoms with Crippen LogP contribution in [0.5, 0.6) is 0 Å². The summed E-state index contributed by atoms with van der Waals surface area (Å²) in [5.41, 5.74) is 1.83. The number of nitrogens with zero attached hydrogens (tertiary/aromatic N) is 2. The van der Waals surface area contributed by atoms with E-state index in [1.165, 1.54) is 12.8 Å². The van der Waals surface area contributed by atoms with Gasteiger partial charge in [-0.25, -0.2) is 0 Å². The third kappa shape index (κ3) is 4.80. The summed E-state index contributed by atoms with van der Waals surface area (Å²) in [6.07, 6.45) is 8.88. The molecule has 3 nitrogen and oxygen atoms in total. The largest absolute Gasteiger partial charge is 0.396 e. The topological polar surface area (TPSA) is 47.3 Å². The van der Waals surface area contributed by atoms with Crippen LogP contribution in [0.3, 0.4) is 0 Å². The normalized spacial score (nSPS) is 14.8. The third-order valence-corrected chi connectivity index (χ3v) is 3.61. The Labute approximate surface area is 121 Å². The van der Waals surface area contributed by atoms with E-state index in [9.17, 15) is 0 Å². The smallest absolute Gasteiger partial charge is 0.0991 e. The van der Waals surface area contributed by atoms with Crippen LogP contribution in [0.25, 0.3) is 6.08 Å². The first kappa shape index (κ1) is 14.8. The van der Waals surface area contributed by atoms with Crippen LogP contribution in [0.2, 0.25) is 0 Å². The maximum absolute atomic E-state index is 8.85. The number of aliphatic hydroxyl groups excluding tert-OH is 1. The summed E-state index contributed by atoms with van der Waals surface area (Å²) in [7, 11) is 0. The lowest BCUT2D eigenvalue weighted by Crippen LogP contribution is -2.27. The molecule has 3 heteroatoms. The molecule has 0 aromatic heterocycles. The van der Waals surface area contributed by atoms with E-state index in [0.717, 1.165) is 37.5 Å². The molecule has 0 heterocycles. The zero-order valence-electron chi connectivity index (χ0n) is 11.8. The van der Waals surface area contributed by atoms with Crippen LogP contribution in [0.1, 0.15) is 36.8 Å². The lowest BCUT2D eigenvalue weighted by atomic mass is 10.1. The van der Waals surface area contributed by atoms with Crippen molar-refractivity contribution < 1.29 is 5.11 Å². The standard InChI is InChI=1S/C17H22N2O/c18-14-16-7-5-15(6-8-16)4-3-12-19(17-9-10-17)11-1-2-13-20/h3-8,17,20H,1-2,9-13H2/b4-3+. The van der Waals surface area contributed by atoms with Gasteiger partial charge in [0.2, 0.25) is 0 Å². The van der Waals surface area contributed by atoms with Crippen molar-refractivity contribution in [2.75, 3.05) is 19.7 Å². The molecule has 0 unspecified atom stereocenters. The summed E-state index contributed by atoms with van der Waals surface area (Å²) >= 11 is 0. The van der Waals surface area contributed by atoms with Gasteiger partial charge in [-0.05, 0) is 49.9 Å². The average Bonchev–Trinajstić information content (AvgIpc) is 3.31. The molecule has 20 heavy (non-hydrogen) atoms. The van der Waals surface area contributed by atoms with Gasteiger partial charge >= 0.3 is 0 Å². The molecule has 1 N–H and O–H groups in total. The number of aliphatic hydroxyl groups is 1. The van der Waals surface area contributed by atoms with E-state index in [1.54, 1.807) is 0 Å². The molecule has 0 amide bonds. The van der Waals surface area contributed by atoms with Crippen molar-refractivity contribution in [1.29, 1.82) is 5.26 Å². The van der Waals surface area contributed by atoms with Crippen LogP contribution in [0.15, 0.2) is 30.3 Å². The lowest BCUT2D eigenvalue weighted by Gasteiger charge is -2.19. The summed E-state index contributed by atoms with van der Waals surface area (Å²) in [5.74, 6) is 0. The van der Waals surface area contributed by atoms with Gasteiger partial charge in [-0.3, -0.25) is 4.90 Å². The van der Waals surface area contributed by atoms with Crippen LogP contribution in [0.4, 0.5) is 0 Å². The van der Waals surface area contributed by atoms with Gasteiger partial charge in [0.1, 0.15) is 0 Å². The number of benzene rings is 1. The Bertz CT molecular complexity index is 469. The van der Waals surface area contributed by atoms with Crippen LogP contribution in [-0.4, -0.2) is 35.7 Å². The second-order valence-corrected chi connectivity index (χ2v) is 5.29. The fourth-order valence-corrected chi connectivity index (χ4v) is 2.28. The molecule has 1 saturated carbocycles. The summed E-state index contributed by atoms with van der Waals surface area (Å²) in [4.78, 5) is 2.50. The maximum Gasteiger partial charge on any atom is 0.0991 e. The van der Waals surface area contributed by atoms with Gasteiger partial charge in [-0.1, -0.05) is 24.3 Å². The zero-order valence-corrected chi connectivity index (χ0v) is 11.8. The monoisotopic (exact) mass is 270 g/mol. The molecule has 0 atom stereocenters. The molecule has 2 rings (SSSR count). The molecule has 1 aliphatic carbocycles. The number of hydrogen-bond donors (Lipinski definition) is 1. The van der Waals surface area contributed by atoms with Gasteiger partial charge in [0.15, 0.2) is 0 Å². The zero-order chi connectivity index (χ0) is 14.2. The number of hydrogen-bond acceptors (Lipinski definition) is 3. The Balaban J connectivity index is 1.81. The summed E-state index contributed by atoms with van der Waals surface area (Å²) in [5, 5.41) is 17.6. The Hall–Kier alpha value is -1.63. The Kier molecular flexibility index (Phi) is 5.79. The highest BCUT2D eigenvalue weighted by molar-refractivity contribution is 5.51. The van der Waals surface area contributed by atoms with Crippen molar-refractivity contribution in [1.82, 2.24) is 4.90 Å². The minimum Gasteiger partial charge on any atom is -0.396 e. The molecule has 1 fully saturated rings.